The smallest absolute Gasteiger partial charge is 0.261 e. The Balaban J connectivity index is 0.00000442. The fraction of sp³-hybridized carbons (Fsp3) is 0.250. The molecule has 0 N–H and O–H groups in total. The van der Waals surface area contributed by atoms with Gasteiger partial charge in [-0.3, -0.25) is 0 Å². The number of rotatable bonds is 12. The van der Waals surface area contributed by atoms with Crippen molar-refractivity contribution in [1.29, 1.82) is 0 Å². The van der Waals surface area contributed by atoms with Crippen LogP contribution >= 0.6 is 7.26 Å². The van der Waals surface area contributed by atoms with Crippen LogP contribution in [0.3, 0.4) is 0 Å². The molecule has 0 spiro atoms. The molecule has 0 unspecified atom stereocenters. The molecule has 0 aliphatic heterocycles. The van der Waals surface area contributed by atoms with E-state index in [0.717, 1.165) is 25.4 Å². The van der Waals surface area contributed by atoms with Crippen LogP contribution in [0.4, 0.5) is 0 Å². The van der Waals surface area contributed by atoms with E-state index in [4.69, 9.17) is 4.43 Å². The van der Waals surface area contributed by atoms with Crippen molar-refractivity contribution in [2.75, 3.05) is 6.16 Å². The van der Waals surface area contributed by atoms with Gasteiger partial charge in [-0.05, 0) is 71.1 Å². The van der Waals surface area contributed by atoms with Crippen LogP contribution in [0.2, 0.25) is 5.04 Å². The molecule has 4 heteroatoms. The molecule has 0 fully saturated rings. The van der Waals surface area contributed by atoms with Crippen molar-refractivity contribution >= 4 is 41.9 Å². The van der Waals surface area contributed by atoms with E-state index in [1.165, 1.54) is 26.3 Å². The summed E-state index contributed by atoms with van der Waals surface area (Å²) in [5, 5.41) is 7.03. The zero-order chi connectivity index (χ0) is 30.2. The van der Waals surface area contributed by atoms with Gasteiger partial charge in [-0.1, -0.05) is 143 Å². The van der Waals surface area contributed by atoms with Crippen molar-refractivity contribution < 1.29 is 21.4 Å². The molecule has 0 saturated carbocycles. The summed E-state index contributed by atoms with van der Waals surface area (Å²) in [5.74, 6) is 0. The highest BCUT2D eigenvalue weighted by atomic mass is 79.9. The zero-order valence-electron chi connectivity index (χ0n) is 26.6. The second-order valence-electron chi connectivity index (χ2n) is 12.5. The van der Waals surface area contributed by atoms with Crippen molar-refractivity contribution in [3.63, 3.8) is 0 Å². The Bertz CT molecular complexity index is 1390. The molecule has 228 valence electrons. The quantitative estimate of drug-likeness (QED) is 0.131. The summed E-state index contributed by atoms with van der Waals surface area (Å²) in [7, 11) is -4.48. The molecular formula is C40H46BrOPSi. The molecule has 5 aromatic rings. The molecule has 1 atom stereocenters. The molecule has 0 radical (unpaired) electrons. The minimum Gasteiger partial charge on any atom is -1.00 e. The third-order valence-electron chi connectivity index (χ3n) is 8.83. The third-order valence-corrected chi connectivity index (χ3v) is 18.4. The van der Waals surface area contributed by atoms with Gasteiger partial charge in [-0.25, -0.2) is 0 Å². The summed E-state index contributed by atoms with van der Waals surface area (Å²) >= 11 is 0. The monoisotopic (exact) mass is 680 g/mol. The maximum Gasteiger partial charge on any atom is 0.261 e. The van der Waals surface area contributed by atoms with Gasteiger partial charge in [0.05, 0.1) is 6.16 Å². The molecule has 0 amide bonds. The van der Waals surface area contributed by atoms with E-state index >= 15 is 0 Å². The number of hydrogen-bond donors (Lipinski definition) is 0. The van der Waals surface area contributed by atoms with Crippen LogP contribution in [-0.2, 0) is 4.43 Å². The standard InChI is InChI=1S/C40H46OPSi.BrH/c1-5-34(41-43(40(2,3)4,38-29-17-9-18-30-38)39-31-19-10-20-32-39)22-21-33-42(35-23-11-6-12-24-35,36-25-13-7-14-26-36)37-27-15-8-16-28-37;/h6-20,23-32,34H,5,21-22,33H2,1-4H3;1H/q+1;/p-1/t34-;/m1./s1. The van der Waals surface area contributed by atoms with Crippen molar-refractivity contribution in [1.82, 2.24) is 0 Å². The Morgan fingerprint density at radius 3 is 1.23 bits per heavy atom. The van der Waals surface area contributed by atoms with Gasteiger partial charge in [-0.15, -0.1) is 0 Å². The van der Waals surface area contributed by atoms with Crippen molar-refractivity contribution in [2.24, 2.45) is 0 Å². The lowest BCUT2D eigenvalue weighted by atomic mass is 10.2. The first-order valence-corrected chi connectivity index (χ1v) is 19.6. The van der Waals surface area contributed by atoms with E-state index in [1.807, 2.05) is 0 Å². The first-order valence-electron chi connectivity index (χ1n) is 15.8. The highest BCUT2D eigenvalue weighted by molar-refractivity contribution is 7.95. The highest BCUT2D eigenvalue weighted by Crippen LogP contribution is 2.56. The lowest BCUT2D eigenvalue weighted by Gasteiger charge is -2.45. The first kappa shape index (κ1) is 34.1. The van der Waals surface area contributed by atoms with Crippen molar-refractivity contribution in [3.05, 3.63) is 152 Å². The second kappa shape index (κ2) is 15.5. The summed E-state index contributed by atoms with van der Waals surface area (Å²) in [6, 6.07) is 55.9. The Morgan fingerprint density at radius 1 is 0.568 bits per heavy atom. The number of halogens is 1. The van der Waals surface area contributed by atoms with E-state index in [9.17, 15) is 0 Å². The van der Waals surface area contributed by atoms with Crippen LogP contribution in [0, 0.1) is 0 Å². The maximum absolute atomic E-state index is 7.61. The average molecular weight is 682 g/mol. The zero-order valence-corrected chi connectivity index (χ0v) is 30.1. The normalized spacial score (nSPS) is 12.7. The lowest BCUT2D eigenvalue weighted by molar-refractivity contribution is -0.00000989. The average Bonchev–Trinajstić information content (AvgIpc) is 3.06. The van der Waals surface area contributed by atoms with Gasteiger partial charge < -0.3 is 21.4 Å². The van der Waals surface area contributed by atoms with Crippen LogP contribution in [0.1, 0.15) is 47.0 Å². The molecule has 0 bridgehead atoms. The Labute approximate surface area is 278 Å². The number of hydrogen-bond acceptors (Lipinski definition) is 1. The van der Waals surface area contributed by atoms with E-state index in [2.05, 4.69) is 179 Å². The molecule has 0 aliphatic carbocycles. The molecule has 0 saturated heterocycles. The van der Waals surface area contributed by atoms with E-state index in [-0.39, 0.29) is 28.1 Å². The van der Waals surface area contributed by atoms with Gasteiger partial charge in [0.15, 0.2) is 0 Å². The van der Waals surface area contributed by atoms with Gasteiger partial charge in [-0.2, -0.15) is 0 Å². The molecule has 0 heterocycles. The lowest BCUT2D eigenvalue weighted by Crippen LogP contribution is -3.00. The Kier molecular flexibility index (Phi) is 12.0. The predicted octanol–water partition coefficient (Wildman–Crippen LogP) is 5.12. The van der Waals surface area contributed by atoms with Gasteiger partial charge in [0.25, 0.3) is 8.32 Å². The highest BCUT2D eigenvalue weighted by Gasteiger charge is 2.51. The van der Waals surface area contributed by atoms with E-state index in [0.29, 0.717) is 0 Å². The SMILES string of the molecule is CC[C@H](CCC[P+](c1ccccc1)(c1ccccc1)c1ccccc1)O[Si](c1ccccc1)(c1ccccc1)C(C)(C)C.[Br-]. The second-order valence-corrected chi connectivity index (χ2v) is 20.4. The number of benzene rings is 5. The summed E-state index contributed by atoms with van der Waals surface area (Å²) in [6.07, 6.45) is 4.43. The Morgan fingerprint density at radius 2 is 0.909 bits per heavy atom. The van der Waals surface area contributed by atoms with Gasteiger partial charge >= 0.3 is 0 Å². The Hall–Kier alpha value is -2.81. The molecule has 44 heavy (non-hydrogen) atoms. The van der Waals surface area contributed by atoms with Crippen LogP contribution in [-0.4, -0.2) is 20.6 Å². The molecular weight excluding hydrogens is 635 g/mol. The molecule has 0 aromatic heterocycles. The van der Waals surface area contributed by atoms with Crippen LogP contribution in [0.25, 0.3) is 0 Å². The van der Waals surface area contributed by atoms with Crippen LogP contribution < -0.4 is 43.3 Å². The molecule has 5 rings (SSSR count). The van der Waals surface area contributed by atoms with Gasteiger partial charge in [0.1, 0.15) is 23.2 Å². The summed E-state index contributed by atoms with van der Waals surface area (Å²) in [6.45, 7) is 9.44. The largest absolute Gasteiger partial charge is 1.00 e. The van der Waals surface area contributed by atoms with Gasteiger partial charge in [0.2, 0.25) is 0 Å². The minimum absolute atomic E-state index is 0. The molecule has 5 aromatic carbocycles. The summed E-state index contributed by atoms with van der Waals surface area (Å²) in [4.78, 5) is 0. The van der Waals surface area contributed by atoms with E-state index < -0.39 is 15.6 Å². The predicted molar refractivity (Wildman–Crippen MR) is 192 cm³/mol. The van der Waals surface area contributed by atoms with Crippen molar-refractivity contribution in [2.45, 2.75) is 58.1 Å². The van der Waals surface area contributed by atoms with E-state index in [1.54, 1.807) is 0 Å². The molecule has 0 aliphatic rings. The van der Waals surface area contributed by atoms with Gasteiger partial charge in [0, 0.05) is 6.10 Å². The van der Waals surface area contributed by atoms with Crippen molar-refractivity contribution in [3.8, 4) is 0 Å². The molecule has 1 nitrogen and oxygen atoms in total. The summed E-state index contributed by atoms with van der Waals surface area (Å²) in [5.41, 5.74) is 0. The van der Waals surface area contributed by atoms with Crippen LogP contribution in [0.5, 0.6) is 0 Å². The fourth-order valence-corrected chi connectivity index (χ4v) is 15.9. The van der Waals surface area contributed by atoms with Crippen LogP contribution in [0.15, 0.2) is 152 Å². The topological polar surface area (TPSA) is 9.23 Å². The summed E-state index contributed by atoms with van der Waals surface area (Å²) < 4.78 is 7.61. The minimum atomic E-state index is -2.61. The fourth-order valence-electron chi connectivity index (χ4n) is 6.73. The first-order chi connectivity index (χ1) is 20.9. The third kappa shape index (κ3) is 7.03. The maximum atomic E-state index is 7.61.